The molecule has 1 amide bonds. The number of nitrogens with one attached hydrogen (secondary N) is 1. The number of carbonyl (C=O) groups excluding carboxylic acids is 1. The summed E-state index contributed by atoms with van der Waals surface area (Å²) in [5.41, 5.74) is 2.78. The number of halogens is 2. The molecular formula is C29H34ClFN8O3. The molecule has 0 bridgehead atoms. The van der Waals surface area contributed by atoms with Crippen LogP contribution >= 0.6 is 11.6 Å². The molecule has 222 valence electrons. The Morgan fingerprint density at radius 2 is 2.05 bits per heavy atom. The van der Waals surface area contributed by atoms with E-state index in [2.05, 4.69) is 32.1 Å². The molecule has 4 heterocycles. The summed E-state index contributed by atoms with van der Waals surface area (Å²) in [6.45, 7) is 4.32. The van der Waals surface area contributed by atoms with Gasteiger partial charge in [0.1, 0.15) is 11.4 Å². The lowest BCUT2D eigenvalue weighted by molar-refractivity contribution is -0.130. The molecule has 42 heavy (non-hydrogen) atoms. The number of likely N-dealkylation sites (N-methyl/N-ethyl adjacent to an activating group) is 2. The highest BCUT2D eigenvalue weighted by atomic mass is 35.5. The SMILES string of the molecule is COc1cc(N2CC(CN(C)CC(=O)N(C)C)OCC2C)ccc1Nc1ncc(Cl)c(-c2cnc3c(F)cccn23)n1. The largest absolute Gasteiger partial charge is 0.494 e. The van der Waals surface area contributed by atoms with Gasteiger partial charge in [-0.2, -0.15) is 0 Å². The molecule has 4 aromatic rings. The Balaban J connectivity index is 1.34. The second kappa shape index (κ2) is 12.5. The quantitative estimate of drug-likeness (QED) is 0.308. The van der Waals surface area contributed by atoms with Crippen LogP contribution in [-0.2, 0) is 9.53 Å². The number of nitrogens with zero attached hydrogens (tertiary/aromatic N) is 7. The van der Waals surface area contributed by atoms with Crippen molar-refractivity contribution in [3.63, 3.8) is 0 Å². The van der Waals surface area contributed by atoms with Crippen molar-refractivity contribution in [2.75, 3.05) is 64.7 Å². The van der Waals surface area contributed by atoms with Gasteiger partial charge < -0.3 is 24.6 Å². The number of amides is 1. The second-order valence-corrected chi connectivity index (χ2v) is 10.9. The van der Waals surface area contributed by atoms with Crippen LogP contribution in [0.2, 0.25) is 5.02 Å². The number of fused-ring (bicyclic) bond motifs is 1. The molecule has 1 saturated heterocycles. The van der Waals surface area contributed by atoms with E-state index in [4.69, 9.17) is 21.1 Å². The molecule has 1 aromatic carbocycles. The maximum absolute atomic E-state index is 14.2. The number of carbonyl (C=O) groups is 1. The standard InChI is InChI=1S/C29H34ClFN8O3/c1-18-17-42-20(14-37(4)16-26(40)36(2)3)15-39(18)19-8-9-23(25(11-19)41-5)34-29-33-12-21(30)27(35-29)24-13-32-28-22(31)7-6-10-38(24)28/h6-13,18,20H,14-17H2,1-5H3,(H,33,34,35). The number of benzene rings is 1. The highest BCUT2D eigenvalue weighted by molar-refractivity contribution is 6.32. The van der Waals surface area contributed by atoms with E-state index in [1.165, 1.54) is 18.5 Å². The van der Waals surface area contributed by atoms with Crippen LogP contribution in [0.5, 0.6) is 5.75 Å². The molecule has 1 aliphatic rings. The van der Waals surface area contributed by atoms with Gasteiger partial charge in [0, 0.05) is 51.2 Å². The Morgan fingerprint density at radius 3 is 2.81 bits per heavy atom. The van der Waals surface area contributed by atoms with Crippen LogP contribution in [0.15, 0.2) is 48.9 Å². The minimum atomic E-state index is -0.440. The van der Waals surface area contributed by atoms with Crippen LogP contribution in [0.25, 0.3) is 17.0 Å². The Morgan fingerprint density at radius 1 is 1.24 bits per heavy atom. The zero-order chi connectivity index (χ0) is 30.0. The van der Waals surface area contributed by atoms with Crippen molar-refractivity contribution in [1.29, 1.82) is 0 Å². The predicted molar refractivity (Wildman–Crippen MR) is 160 cm³/mol. The summed E-state index contributed by atoms with van der Waals surface area (Å²) >= 11 is 6.44. The number of aromatic nitrogens is 4. The van der Waals surface area contributed by atoms with Crippen molar-refractivity contribution in [1.82, 2.24) is 29.2 Å². The molecule has 2 unspecified atom stereocenters. The summed E-state index contributed by atoms with van der Waals surface area (Å²) in [5.74, 6) is 0.510. The summed E-state index contributed by atoms with van der Waals surface area (Å²) in [6.07, 6.45) is 4.66. The van der Waals surface area contributed by atoms with Gasteiger partial charge in [-0.25, -0.2) is 19.3 Å². The van der Waals surface area contributed by atoms with Gasteiger partial charge in [-0.15, -0.1) is 0 Å². The zero-order valence-electron chi connectivity index (χ0n) is 24.2. The van der Waals surface area contributed by atoms with Gasteiger partial charge in [-0.1, -0.05) is 11.6 Å². The van der Waals surface area contributed by atoms with Gasteiger partial charge in [0.15, 0.2) is 11.5 Å². The molecular weight excluding hydrogens is 563 g/mol. The summed E-state index contributed by atoms with van der Waals surface area (Å²) < 4.78 is 27.6. The van der Waals surface area contributed by atoms with Crippen LogP contribution < -0.4 is 15.0 Å². The van der Waals surface area contributed by atoms with Crippen LogP contribution in [-0.4, -0.2) is 102 Å². The lowest BCUT2D eigenvalue weighted by Gasteiger charge is -2.41. The molecule has 0 aliphatic carbocycles. The first-order valence-corrected chi connectivity index (χ1v) is 13.9. The van der Waals surface area contributed by atoms with Gasteiger partial charge in [-0.05, 0) is 38.2 Å². The number of hydrogen-bond donors (Lipinski definition) is 1. The highest BCUT2D eigenvalue weighted by Crippen LogP contribution is 2.34. The van der Waals surface area contributed by atoms with Gasteiger partial charge >= 0.3 is 0 Å². The molecule has 13 heteroatoms. The van der Waals surface area contributed by atoms with Crippen molar-refractivity contribution in [2.45, 2.75) is 19.1 Å². The van der Waals surface area contributed by atoms with Gasteiger partial charge in [-0.3, -0.25) is 14.1 Å². The van der Waals surface area contributed by atoms with Gasteiger partial charge in [0.25, 0.3) is 0 Å². The fourth-order valence-corrected chi connectivity index (χ4v) is 5.10. The second-order valence-electron chi connectivity index (χ2n) is 10.5. The fourth-order valence-electron chi connectivity index (χ4n) is 4.91. The van der Waals surface area contributed by atoms with E-state index in [-0.39, 0.29) is 23.7 Å². The molecule has 0 spiro atoms. The molecule has 1 aliphatic heterocycles. The number of methoxy groups -OCH3 is 1. The Bertz CT molecular complexity index is 1580. The molecule has 1 fully saturated rings. The number of imidazole rings is 1. The van der Waals surface area contributed by atoms with E-state index >= 15 is 0 Å². The maximum atomic E-state index is 14.2. The smallest absolute Gasteiger partial charge is 0.236 e. The Kier molecular flexibility index (Phi) is 8.76. The molecule has 2 atom stereocenters. The molecule has 1 N–H and O–H groups in total. The number of pyridine rings is 1. The molecule has 11 nitrogen and oxygen atoms in total. The van der Waals surface area contributed by atoms with Crippen LogP contribution in [0.1, 0.15) is 6.92 Å². The van der Waals surface area contributed by atoms with Crippen molar-refractivity contribution in [3.05, 3.63) is 59.8 Å². The van der Waals surface area contributed by atoms with Crippen LogP contribution in [0.3, 0.4) is 0 Å². The van der Waals surface area contributed by atoms with E-state index in [0.29, 0.717) is 60.0 Å². The highest BCUT2D eigenvalue weighted by Gasteiger charge is 2.28. The average molecular weight is 597 g/mol. The third-order valence-electron chi connectivity index (χ3n) is 7.16. The minimum Gasteiger partial charge on any atom is -0.494 e. The third-order valence-corrected chi connectivity index (χ3v) is 7.44. The van der Waals surface area contributed by atoms with Crippen molar-refractivity contribution in [2.24, 2.45) is 0 Å². The number of anilines is 3. The number of morpholine rings is 1. The van der Waals surface area contributed by atoms with Crippen molar-refractivity contribution >= 4 is 40.5 Å². The van der Waals surface area contributed by atoms with Gasteiger partial charge in [0.2, 0.25) is 11.9 Å². The monoisotopic (exact) mass is 596 g/mol. The van der Waals surface area contributed by atoms with Gasteiger partial charge in [0.05, 0.1) is 55.2 Å². The molecule has 0 radical (unpaired) electrons. The lowest BCUT2D eigenvalue weighted by Crippen LogP contribution is -2.52. The van der Waals surface area contributed by atoms with E-state index in [1.54, 1.807) is 42.8 Å². The lowest BCUT2D eigenvalue weighted by atomic mass is 10.1. The van der Waals surface area contributed by atoms with E-state index in [9.17, 15) is 9.18 Å². The molecule has 3 aromatic heterocycles. The summed E-state index contributed by atoms with van der Waals surface area (Å²) in [4.78, 5) is 31.1. The van der Waals surface area contributed by atoms with Crippen LogP contribution in [0.4, 0.5) is 21.7 Å². The minimum absolute atomic E-state index is 0.0515. The van der Waals surface area contributed by atoms with E-state index in [1.807, 2.05) is 30.1 Å². The first kappa shape index (κ1) is 29.5. The first-order chi connectivity index (χ1) is 20.1. The molecule has 5 rings (SSSR count). The first-order valence-electron chi connectivity index (χ1n) is 13.5. The van der Waals surface area contributed by atoms with Crippen molar-refractivity contribution in [3.8, 4) is 17.1 Å². The Hall–Kier alpha value is -4.00. The fraction of sp³-hybridized carbons (Fsp3) is 0.379. The van der Waals surface area contributed by atoms with E-state index in [0.717, 1.165) is 5.69 Å². The van der Waals surface area contributed by atoms with Crippen molar-refractivity contribution < 1.29 is 18.7 Å². The number of hydrogen-bond acceptors (Lipinski definition) is 9. The normalized spacial score (nSPS) is 17.1. The van der Waals surface area contributed by atoms with E-state index < -0.39 is 5.82 Å². The third kappa shape index (κ3) is 6.25. The topological polar surface area (TPSA) is 100 Å². The van der Waals surface area contributed by atoms with Crippen LogP contribution in [0, 0.1) is 5.82 Å². The number of rotatable bonds is 9. The zero-order valence-corrected chi connectivity index (χ0v) is 25.0. The average Bonchev–Trinajstić information content (AvgIpc) is 3.40. The predicted octanol–water partition coefficient (Wildman–Crippen LogP) is 3.95. The maximum Gasteiger partial charge on any atom is 0.236 e. The Labute approximate surface area is 248 Å². The number of ether oxygens (including phenoxy) is 2. The summed E-state index contributed by atoms with van der Waals surface area (Å²) in [7, 11) is 7.04. The summed E-state index contributed by atoms with van der Waals surface area (Å²) in [5, 5.41) is 3.53. The summed E-state index contributed by atoms with van der Waals surface area (Å²) in [6, 6.07) is 8.97. The molecule has 0 saturated carbocycles.